The van der Waals surface area contributed by atoms with Crippen molar-refractivity contribution in [3.63, 3.8) is 0 Å². The first-order valence-electron chi connectivity index (χ1n) is 4.91. The number of aliphatic hydroxyl groups is 2. The van der Waals surface area contributed by atoms with Crippen LogP contribution < -0.4 is 5.73 Å². The number of anilines is 1. The van der Waals surface area contributed by atoms with E-state index in [1.54, 1.807) is 24.3 Å². The number of hydrogen-bond acceptors (Lipinski definition) is 4. The Hall–Kier alpha value is -1.85. The highest BCUT2D eigenvalue weighted by Crippen LogP contribution is 2.22. The molecule has 0 saturated heterocycles. The first kappa shape index (κ1) is 10.7. The molecule has 0 aliphatic heterocycles. The molecular weight excluding hydrogens is 206 g/mol. The molecule has 0 saturated carbocycles. The number of hydrogen-bond donors (Lipinski definition) is 4. The third-order valence-corrected chi connectivity index (χ3v) is 2.35. The number of aromatic amines is 1. The number of nitrogens with two attached hydrogens (primary N) is 1. The Balaban J connectivity index is 2.36. The van der Waals surface area contributed by atoms with Crippen LogP contribution >= 0.6 is 0 Å². The van der Waals surface area contributed by atoms with Crippen LogP contribution in [0.15, 0.2) is 30.3 Å². The van der Waals surface area contributed by atoms with Gasteiger partial charge in [0.05, 0.1) is 12.3 Å². The van der Waals surface area contributed by atoms with E-state index in [2.05, 4.69) is 10.2 Å². The van der Waals surface area contributed by atoms with Crippen molar-refractivity contribution in [2.75, 3.05) is 12.3 Å². The molecule has 5 heteroatoms. The van der Waals surface area contributed by atoms with Crippen LogP contribution in [0.5, 0.6) is 0 Å². The molecule has 1 heterocycles. The van der Waals surface area contributed by atoms with Crippen molar-refractivity contribution in [1.82, 2.24) is 10.2 Å². The number of aliphatic hydroxyl groups excluding tert-OH is 2. The molecule has 1 aromatic heterocycles. The Morgan fingerprint density at radius 1 is 1.38 bits per heavy atom. The summed E-state index contributed by atoms with van der Waals surface area (Å²) in [5.41, 5.74) is 7.82. The van der Waals surface area contributed by atoms with E-state index < -0.39 is 6.10 Å². The van der Waals surface area contributed by atoms with Gasteiger partial charge in [-0.25, -0.2) is 0 Å². The maximum absolute atomic E-state index is 9.51. The van der Waals surface area contributed by atoms with Crippen molar-refractivity contribution in [1.29, 1.82) is 0 Å². The fraction of sp³-hybridized carbons (Fsp3) is 0.182. The maximum Gasteiger partial charge on any atom is 0.145 e. The van der Waals surface area contributed by atoms with Crippen molar-refractivity contribution in [3.8, 4) is 11.3 Å². The van der Waals surface area contributed by atoms with Gasteiger partial charge in [0.25, 0.3) is 0 Å². The predicted octanol–water partition coefficient (Wildman–Crippen LogP) is 0.685. The molecule has 2 rings (SSSR count). The number of nitrogens with one attached hydrogen (secondary N) is 1. The van der Waals surface area contributed by atoms with Gasteiger partial charge in [0.1, 0.15) is 11.9 Å². The van der Waals surface area contributed by atoms with E-state index in [1.165, 1.54) is 0 Å². The number of H-pyrrole nitrogens is 1. The summed E-state index contributed by atoms with van der Waals surface area (Å²) in [6, 6.07) is 8.93. The molecule has 0 radical (unpaired) electrons. The second-order valence-corrected chi connectivity index (χ2v) is 3.53. The molecule has 0 aliphatic rings. The van der Waals surface area contributed by atoms with Crippen molar-refractivity contribution in [3.05, 3.63) is 35.9 Å². The van der Waals surface area contributed by atoms with Crippen molar-refractivity contribution in [2.45, 2.75) is 6.10 Å². The van der Waals surface area contributed by atoms with E-state index in [0.29, 0.717) is 11.4 Å². The van der Waals surface area contributed by atoms with Crippen LogP contribution in [-0.2, 0) is 0 Å². The molecule has 0 spiro atoms. The lowest BCUT2D eigenvalue weighted by molar-refractivity contribution is 0.0956. The standard InChI is InChI=1S/C11H13N3O2/c12-11-5-9(13-14-11)7-2-1-3-8(4-7)10(16)6-15/h1-5,10,15-16H,6H2,(H3,12,13,14). The molecule has 1 aromatic carbocycles. The van der Waals surface area contributed by atoms with Crippen LogP contribution in [0.1, 0.15) is 11.7 Å². The molecule has 1 atom stereocenters. The van der Waals surface area contributed by atoms with E-state index in [9.17, 15) is 5.11 Å². The Morgan fingerprint density at radius 3 is 2.81 bits per heavy atom. The van der Waals surface area contributed by atoms with E-state index >= 15 is 0 Å². The third kappa shape index (κ3) is 2.05. The Bertz CT molecular complexity index is 482. The molecule has 5 N–H and O–H groups in total. The van der Waals surface area contributed by atoms with Crippen LogP contribution in [0.25, 0.3) is 11.3 Å². The summed E-state index contributed by atoms with van der Waals surface area (Å²) in [4.78, 5) is 0. The van der Waals surface area contributed by atoms with E-state index in [4.69, 9.17) is 10.8 Å². The summed E-state index contributed by atoms with van der Waals surface area (Å²) in [6.45, 7) is -0.297. The minimum Gasteiger partial charge on any atom is -0.393 e. The van der Waals surface area contributed by atoms with Crippen molar-refractivity contribution >= 4 is 5.82 Å². The van der Waals surface area contributed by atoms with Crippen molar-refractivity contribution < 1.29 is 10.2 Å². The van der Waals surface area contributed by atoms with Crippen LogP contribution in [-0.4, -0.2) is 27.0 Å². The van der Waals surface area contributed by atoms with Gasteiger partial charge in [-0.2, -0.15) is 5.10 Å². The van der Waals surface area contributed by atoms with Gasteiger partial charge in [-0.3, -0.25) is 5.10 Å². The van der Waals surface area contributed by atoms with Gasteiger partial charge in [0.2, 0.25) is 0 Å². The predicted molar refractivity (Wildman–Crippen MR) is 60.5 cm³/mol. The van der Waals surface area contributed by atoms with Crippen LogP contribution in [0, 0.1) is 0 Å². The van der Waals surface area contributed by atoms with E-state index in [0.717, 1.165) is 11.3 Å². The minimum absolute atomic E-state index is 0.297. The number of nitrogen functional groups attached to an aromatic ring is 1. The summed E-state index contributed by atoms with van der Waals surface area (Å²) in [6.07, 6.45) is -0.861. The number of aromatic nitrogens is 2. The number of benzene rings is 1. The Kier molecular flexibility index (Phi) is 2.89. The number of rotatable bonds is 3. The molecule has 84 valence electrons. The molecule has 0 fully saturated rings. The van der Waals surface area contributed by atoms with Gasteiger partial charge in [-0.1, -0.05) is 18.2 Å². The second kappa shape index (κ2) is 4.34. The highest BCUT2D eigenvalue weighted by Gasteiger charge is 2.08. The van der Waals surface area contributed by atoms with Crippen molar-refractivity contribution in [2.24, 2.45) is 0 Å². The smallest absolute Gasteiger partial charge is 0.145 e. The zero-order valence-electron chi connectivity index (χ0n) is 8.59. The molecule has 16 heavy (non-hydrogen) atoms. The normalized spacial score (nSPS) is 12.6. The van der Waals surface area contributed by atoms with E-state index in [1.807, 2.05) is 6.07 Å². The average Bonchev–Trinajstić information content (AvgIpc) is 2.75. The fourth-order valence-electron chi connectivity index (χ4n) is 1.50. The zero-order valence-corrected chi connectivity index (χ0v) is 8.59. The second-order valence-electron chi connectivity index (χ2n) is 3.53. The molecule has 1 unspecified atom stereocenters. The lowest BCUT2D eigenvalue weighted by Crippen LogP contribution is -2.02. The zero-order chi connectivity index (χ0) is 11.5. The molecule has 0 bridgehead atoms. The molecule has 0 aliphatic carbocycles. The van der Waals surface area contributed by atoms with Gasteiger partial charge in [-0.05, 0) is 17.2 Å². The molecule has 5 nitrogen and oxygen atoms in total. The molecular formula is C11H13N3O2. The fourth-order valence-corrected chi connectivity index (χ4v) is 1.50. The quantitative estimate of drug-likeness (QED) is 0.610. The summed E-state index contributed by atoms with van der Waals surface area (Å²) >= 11 is 0. The maximum atomic E-state index is 9.51. The summed E-state index contributed by atoms with van der Waals surface area (Å²) in [5, 5.41) is 25.0. The van der Waals surface area contributed by atoms with Crippen LogP contribution in [0.2, 0.25) is 0 Å². The van der Waals surface area contributed by atoms with E-state index in [-0.39, 0.29) is 6.61 Å². The SMILES string of the molecule is Nc1cc(-c2cccc(C(O)CO)c2)[nH]n1. The van der Waals surface area contributed by atoms with Crippen LogP contribution in [0.3, 0.4) is 0 Å². The van der Waals surface area contributed by atoms with Gasteiger partial charge in [0.15, 0.2) is 0 Å². The Labute approximate surface area is 92.5 Å². The monoisotopic (exact) mass is 219 g/mol. The van der Waals surface area contributed by atoms with Crippen LogP contribution in [0.4, 0.5) is 5.82 Å². The Morgan fingerprint density at radius 2 is 2.19 bits per heavy atom. The largest absolute Gasteiger partial charge is 0.393 e. The highest BCUT2D eigenvalue weighted by atomic mass is 16.3. The summed E-state index contributed by atoms with van der Waals surface area (Å²) in [7, 11) is 0. The minimum atomic E-state index is -0.861. The highest BCUT2D eigenvalue weighted by molar-refractivity contribution is 5.62. The molecule has 2 aromatic rings. The van der Waals surface area contributed by atoms with Gasteiger partial charge in [-0.15, -0.1) is 0 Å². The molecule has 0 amide bonds. The summed E-state index contributed by atoms with van der Waals surface area (Å²) in [5.74, 6) is 0.420. The lowest BCUT2D eigenvalue weighted by Gasteiger charge is -2.08. The van der Waals surface area contributed by atoms with Gasteiger partial charge < -0.3 is 15.9 Å². The topological polar surface area (TPSA) is 95.2 Å². The number of nitrogens with zero attached hydrogens (tertiary/aromatic N) is 1. The lowest BCUT2D eigenvalue weighted by atomic mass is 10.0. The van der Waals surface area contributed by atoms with Gasteiger partial charge in [0, 0.05) is 6.07 Å². The van der Waals surface area contributed by atoms with Gasteiger partial charge >= 0.3 is 0 Å². The average molecular weight is 219 g/mol. The first-order chi connectivity index (χ1) is 7.70. The third-order valence-electron chi connectivity index (χ3n) is 2.35. The summed E-state index contributed by atoms with van der Waals surface area (Å²) < 4.78 is 0. The first-order valence-corrected chi connectivity index (χ1v) is 4.91.